The molecule has 0 unspecified atom stereocenters. The van der Waals surface area contributed by atoms with Gasteiger partial charge in [-0.3, -0.25) is 9.59 Å². The summed E-state index contributed by atoms with van der Waals surface area (Å²) in [5.41, 5.74) is 2.55. The first kappa shape index (κ1) is 10.5. The molecule has 2 aromatic heterocycles. The quantitative estimate of drug-likeness (QED) is 0.811. The Bertz CT molecular complexity index is 552. The van der Waals surface area contributed by atoms with Crippen molar-refractivity contribution in [2.45, 2.75) is 0 Å². The molecule has 0 aliphatic heterocycles. The van der Waals surface area contributed by atoms with Gasteiger partial charge < -0.3 is 10.4 Å². The monoisotopic (exact) mass is 237 g/mol. The van der Waals surface area contributed by atoms with Crippen LogP contribution in [0.4, 0.5) is 0 Å². The van der Waals surface area contributed by atoms with E-state index in [2.05, 4.69) is 15.3 Å². The number of nitrogens with one attached hydrogen (secondary N) is 1. The van der Waals surface area contributed by atoms with E-state index in [9.17, 15) is 9.59 Å². The first-order valence-corrected chi connectivity index (χ1v) is 5.25. The molecule has 0 radical (unpaired) electrons. The van der Waals surface area contributed by atoms with E-state index in [-0.39, 0.29) is 5.69 Å². The van der Waals surface area contributed by atoms with Gasteiger partial charge in [-0.15, -0.1) is 11.3 Å². The van der Waals surface area contributed by atoms with Crippen molar-refractivity contribution in [1.29, 1.82) is 0 Å². The zero-order valence-corrected chi connectivity index (χ0v) is 8.82. The van der Waals surface area contributed by atoms with Gasteiger partial charge in [-0.1, -0.05) is 0 Å². The molecule has 16 heavy (non-hydrogen) atoms. The van der Waals surface area contributed by atoms with Crippen molar-refractivity contribution in [1.82, 2.24) is 15.3 Å². The van der Waals surface area contributed by atoms with Crippen molar-refractivity contribution in [2.75, 3.05) is 6.54 Å². The van der Waals surface area contributed by atoms with Crippen LogP contribution in [0.15, 0.2) is 17.6 Å². The third-order valence-corrected chi connectivity index (χ3v) is 2.56. The van der Waals surface area contributed by atoms with Crippen LogP contribution in [0.3, 0.4) is 0 Å². The Morgan fingerprint density at radius 2 is 2.25 bits per heavy atom. The van der Waals surface area contributed by atoms with Crippen LogP contribution in [0.2, 0.25) is 0 Å². The number of carbonyl (C=O) groups is 2. The molecule has 2 rings (SSSR count). The number of carboxylic acid groups (broad SMARTS) is 1. The maximum Gasteiger partial charge on any atom is 0.322 e. The van der Waals surface area contributed by atoms with Crippen molar-refractivity contribution in [3.8, 4) is 0 Å². The highest BCUT2D eigenvalue weighted by atomic mass is 32.1. The minimum Gasteiger partial charge on any atom is -0.480 e. The van der Waals surface area contributed by atoms with Gasteiger partial charge in [0.2, 0.25) is 0 Å². The molecule has 2 N–H and O–H groups in total. The van der Waals surface area contributed by atoms with Crippen LogP contribution in [-0.4, -0.2) is 33.5 Å². The molecule has 0 aromatic carbocycles. The molecule has 0 aliphatic rings. The number of nitrogens with zero attached hydrogens (tertiary/aromatic N) is 2. The largest absolute Gasteiger partial charge is 0.480 e. The maximum absolute atomic E-state index is 11.5. The predicted molar refractivity (Wildman–Crippen MR) is 57.4 cm³/mol. The topological polar surface area (TPSA) is 92.2 Å². The Morgan fingerprint density at radius 3 is 3.00 bits per heavy atom. The number of hydrogen-bond donors (Lipinski definition) is 2. The minimum atomic E-state index is -1.09. The number of carbonyl (C=O) groups excluding carboxylic acids is 1. The number of aliphatic carboxylic acids is 1. The van der Waals surface area contributed by atoms with Crippen LogP contribution in [0.25, 0.3) is 10.3 Å². The molecule has 2 heterocycles. The Labute approximate surface area is 94.0 Å². The summed E-state index contributed by atoms with van der Waals surface area (Å²) in [6, 6.07) is 3.19. The Balaban J connectivity index is 2.19. The summed E-state index contributed by atoms with van der Waals surface area (Å²) in [6.07, 6.45) is 0. The summed E-state index contributed by atoms with van der Waals surface area (Å²) in [6.45, 7) is -0.415. The van der Waals surface area contributed by atoms with Gasteiger partial charge in [-0.25, -0.2) is 9.97 Å². The highest BCUT2D eigenvalue weighted by Gasteiger charge is 2.09. The van der Waals surface area contributed by atoms with Crippen molar-refractivity contribution >= 4 is 33.6 Å². The van der Waals surface area contributed by atoms with Crippen molar-refractivity contribution in [3.63, 3.8) is 0 Å². The van der Waals surface area contributed by atoms with Crippen LogP contribution in [-0.2, 0) is 4.79 Å². The van der Waals surface area contributed by atoms with E-state index < -0.39 is 18.4 Å². The molecule has 0 atom stereocenters. The van der Waals surface area contributed by atoms with Gasteiger partial charge in [-0.2, -0.15) is 0 Å². The van der Waals surface area contributed by atoms with E-state index in [1.807, 2.05) is 0 Å². The maximum atomic E-state index is 11.5. The summed E-state index contributed by atoms with van der Waals surface area (Å²) >= 11 is 1.32. The van der Waals surface area contributed by atoms with E-state index in [1.54, 1.807) is 11.6 Å². The number of amides is 1. The van der Waals surface area contributed by atoms with E-state index in [0.29, 0.717) is 4.83 Å². The zero-order chi connectivity index (χ0) is 11.5. The van der Waals surface area contributed by atoms with Gasteiger partial charge >= 0.3 is 5.97 Å². The molecule has 0 aliphatic carbocycles. The number of pyridine rings is 1. The highest BCUT2D eigenvalue weighted by Crippen LogP contribution is 2.14. The molecular formula is C9H7N3O3S. The van der Waals surface area contributed by atoms with Gasteiger partial charge in [0.15, 0.2) is 0 Å². The number of thiazole rings is 1. The minimum absolute atomic E-state index is 0.193. The number of aromatic nitrogens is 2. The van der Waals surface area contributed by atoms with Crippen molar-refractivity contribution < 1.29 is 14.7 Å². The summed E-state index contributed by atoms with van der Waals surface area (Å²) in [7, 11) is 0. The third-order valence-electron chi connectivity index (χ3n) is 1.83. The van der Waals surface area contributed by atoms with E-state index in [1.165, 1.54) is 17.4 Å². The van der Waals surface area contributed by atoms with E-state index in [0.717, 1.165) is 5.52 Å². The molecular weight excluding hydrogens is 230 g/mol. The summed E-state index contributed by atoms with van der Waals surface area (Å²) in [4.78, 5) is 30.5. The van der Waals surface area contributed by atoms with Crippen molar-refractivity contribution in [2.24, 2.45) is 0 Å². The van der Waals surface area contributed by atoms with Gasteiger partial charge in [0, 0.05) is 0 Å². The molecule has 1 amide bonds. The second kappa shape index (κ2) is 4.23. The van der Waals surface area contributed by atoms with Gasteiger partial charge in [0.05, 0.1) is 11.0 Å². The smallest absolute Gasteiger partial charge is 0.322 e. The standard InChI is InChI=1S/C9H7N3O3S/c13-7(14)3-10-8(15)5-1-2-6-9(12-5)16-4-11-6/h1-2,4H,3H2,(H,10,15)(H,13,14). The van der Waals surface area contributed by atoms with E-state index in [4.69, 9.17) is 5.11 Å². The molecule has 0 bridgehead atoms. The van der Waals surface area contributed by atoms with Gasteiger partial charge in [0.25, 0.3) is 5.91 Å². The fraction of sp³-hybridized carbons (Fsp3) is 0.111. The van der Waals surface area contributed by atoms with Crippen LogP contribution in [0, 0.1) is 0 Å². The molecule has 7 heteroatoms. The zero-order valence-electron chi connectivity index (χ0n) is 8.01. The molecule has 0 fully saturated rings. The number of rotatable bonds is 3. The Morgan fingerprint density at radius 1 is 1.44 bits per heavy atom. The highest BCUT2D eigenvalue weighted by molar-refractivity contribution is 7.16. The predicted octanol–water partition coefficient (Wildman–Crippen LogP) is 0.506. The average molecular weight is 237 g/mol. The van der Waals surface area contributed by atoms with Crippen LogP contribution >= 0.6 is 11.3 Å². The molecule has 0 saturated heterocycles. The molecule has 0 saturated carbocycles. The summed E-state index contributed by atoms with van der Waals surface area (Å²) < 4.78 is 0. The molecule has 2 aromatic rings. The fourth-order valence-electron chi connectivity index (χ4n) is 1.12. The lowest BCUT2D eigenvalue weighted by molar-refractivity contribution is -0.135. The van der Waals surface area contributed by atoms with Crippen LogP contribution in [0.5, 0.6) is 0 Å². The SMILES string of the molecule is O=C(O)CNC(=O)c1ccc2ncsc2n1. The Hall–Kier alpha value is -2.02. The number of fused-ring (bicyclic) bond motifs is 1. The first-order valence-electron chi connectivity index (χ1n) is 4.37. The Kier molecular flexibility index (Phi) is 2.78. The van der Waals surface area contributed by atoms with Crippen LogP contribution in [0.1, 0.15) is 10.5 Å². The molecule has 6 nitrogen and oxygen atoms in total. The van der Waals surface area contributed by atoms with Gasteiger partial charge in [-0.05, 0) is 12.1 Å². The average Bonchev–Trinajstić information content (AvgIpc) is 2.72. The summed E-state index contributed by atoms with van der Waals surface area (Å²) in [5, 5.41) is 10.6. The lowest BCUT2D eigenvalue weighted by Crippen LogP contribution is -2.29. The second-order valence-electron chi connectivity index (χ2n) is 2.95. The van der Waals surface area contributed by atoms with Crippen LogP contribution < -0.4 is 5.32 Å². The third kappa shape index (κ3) is 2.14. The number of hydrogen-bond acceptors (Lipinski definition) is 5. The summed E-state index contributed by atoms with van der Waals surface area (Å²) in [5.74, 6) is -1.59. The lowest BCUT2D eigenvalue weighted by atomic mass is 10.3. The van der Waals surface area contributed by atoms with Gasteiger partial charge in [0.1, 0.15) is 17.1 Å². The lowest BCUT2D eigenvalue weighted by Gasteiger charge is -2.00. The normalized spacial score (nSPS) is 10.2. The number of carboxylic acids is 1. The first-order chi connectivity index (χ1) is 7.66. The van der Waals surface area contributed by atoms with Crippen molar-refractivity contribution in [3.05, 3.63) is 23.3 Å². The molecule has 0 spiro atoms. The molecule has 82 valence electrons. The van der Waals surface area contributed by atoms with E-state index >= 15 is 0 Å². The second-order valence-corrected chi connectivity index (χ2v) is 3.78. The fourth-order valence-corrected chi connectivity index (χ4v) is 1.78.